The molecule has 0 spiro atoms. The molecule has 0 saturated heterocycles. The molecule has 1 heterocycles. The molecule has 0 atom stereocenters. The zero-order valence-corrected chi connectivity index (χ0v) is 11.6. The Labute approximate surface area is 124 Å². The highest BCUT2D eigenvalue weighted by atomic mass is 19.4. The maximum Gasteiger partial charge on any atom is 0.471 e. The third-order valence-electron chi connectivity index (χ3n) is 3.77. The summed E-state index contributed by atoms with van der Waals surface area (Å²) < 4.78 is 38.5. The second kappa shape index (κ2) is 6.33. The molecule has 1 amide bonds. The van der Waals surface area contributed by atoms with Gasteiger partial charge in [0.05, 0.1) is 5.92 Å². The van der Waals surface area contributed by atoms with E-state index in [1.165, 1.54) is 18.3 Å². The van der Waals surface area contributed by atoms with Gasteiger partial charge in [0, 0.05) is 12.2 Å². The minimum atomic E-state index is -5.00. The van der Waals surface area contributed by atoms with Crippen LogP contribution in [0.5, 0.6) is 0 Å². The van der Waals surface area contributed by atoms with Gasteiger partial charge in [-0.15, -0.1) is 0 Å². The number of hydrogen-bond donors (Lipinski definition) is 1. The van der Waals surface area contributed by atoms with E-state index in [9.17, 15) is 22.8 Å². The van der Waals surface area contributed by atoms with E-state index in [-0.39, 0.29) is 31.5 Å². The van der Waals surface area contributed by atoms with E-state index in [1.54, 1.807) is 6.07 Å². The lowest BCUT2D eigenvalue weighted by molar-refractivity contribution is -0.171. The van der Waals surface area contributed by atoms with E-state index in [2.05, 4.69) is 4.98 Å². The second-order valence-electron chi connectivity index (χ2n) is 5.20. The molecule has 1 aliphatic rings. The Morgan fingerprint density at radius 3 is 2.27 bits per heavy atom. The largest absolute Gasteiger partial charge is 0.481 e. The maximum absolute atomic E-state index is 12.8. The van der Waals surface area contributed by atoms with Gasteiger partial charge in [-0.3, -0.25) is 14.5 Å². The Hall–Kier alpha value is -2.12. The molecular formula is C14H15F3N2O3. The van der Waals surface area contributed by atoms with Crippen LogP contribution in [0.15, 0.2) is 24.4 Å². The summed E-state index contributed by atoms with van der Waals surface area (Å²) in [5.74, 6) is -3.55. The lowest BCUT2D eigenvalue weighted by atomic mass is 9.85. The van der Waals surface area contributed by atoms with Crippen LogP contribution in [0.2, 0.25) is 0 Å². The van der Waals surface area contributed by atoms with Crippen LogP contribution >= 0.6 is 0 Å². The number of carbonyl (C=O) groups is 2. The summed E-state index contributed by atoms with van der Waals surface area (Å²) in [6.07, 6.45) is -2.79. The first kappa shape index (κ1) is 16.3. The van der Waals surface area contributed by atoms with Crippen molar-refractivity contribution in [3.63, 3.8) is 0 Å². The SMILES string of the molecule is O=C(O)C1CCC(N(C(=O)C(F)(F)F)c2ccccn2)CC1. The molecule has 22 heavy (non-hydrogen) atoms. The van der Waals surface area contributed by atoms with Crippen molar-refractivity contribution in [2.45, 2.75) is 37.9 Å². The number of rotatable bonds is 3. The number of carbonyl (C=O) groups excluding carboxylic acids is 1. The number of carboxylic acids is 1. The molecule has 0 bridgehead atoms. The van der Waals surface area contributed by atoms with Crippen LogP contribution in [0.25, 0.3) is 0 Å². The number of nitrogens with zero attached hydrogens (tertiary/aromatic N) is 2. The molecule has 0 aromatic carbocycles. The molecule has 120 valence electrons. The monoisotopic (exact) mass is 316 g/mol. The molecule has 0 aliphatic heterocycles. The van der Waals surface area contributed by atoms with Gasteiger partial charge in [-0.05, 0) is 37.8 Å². The van der Waals surface area contributed by atoms with Gasteiger partial charge in [0.2, 0.25) is 0 Å². The Balaban J connectivity index is 2.23. The smallest absolute Gasteiger partial charge is 0.471 e. The standard InChI is InChI=1S/C14H15F3N2O3/c15-14(16,17)13(22)19(11-3-1-2-8-18-11)10-6-4-9(5-7-10)12(20)21/h1-3,8-10H,4-7H2,(H,20,21). The van der Waals surface area contributed by atoms with E-state index >= 15 is 0 Å². The minimum absolute atomic E-state index is 0.0661. The first-order valence-electron chi connectivity index (χ1n) is 6.85. The van der Waals surface area contributed by atoms with Crippen LogP contribution in [0.4, 0.5) is 19.0 Å². The molecule has 1 saturated carbocycles. The van der Waals surface area contributed by atoms with Crippen molar-refractivity contribution in [3.8, 4) is 0 Å². The van der Waals surface area contributed by atoms with Crippen molar-refractivity contribution in [3.05, 3.63) is 24.4 Å². The van der Waals surface area contributed by atoms with Gasteiger partial charge >= 0.3 is 18.1 Å². The average molecular weight is 316 g/mol. The molecule has 8 heteroatoms. The summed E-state index contributed by atoms with van der Waals surface area (Å²) in [4.78, 5) is 27.1. The number of aromatic nitrogens is 1. The normalized spacial score (nSPS) is 22.1. The van der Waals surface area contributed by atoms with Gasteiger partial charge in [-0.2, -0.15) is 13.2 Å². The highest BCUT2D eigenvalue weighted by molar-refractivity contribution is 5.97. The van der Waals surface area contributed by atoms with Crippen molar-refractivity contribution in [1.29, 1.82) is 0 Å². The highest BCUT2D eigenvalue weighted by Crippen LogP contribution is 2.32. The second-order valence-corrected chi connectivity index (χ2v) is 5.20. The Morgan fingerprint density at radius 1 is 1.18 bits per heavy atom. The van der Waals surface area contributed by atoms with Crippen LogP contribution in [-0.2, 0) is 9.59 Å². The molecule has 1 fully saturated rings. The van der Waals surface area contributed by atoms with E-state index < -0.39 is 30.0 Å². The molecule has 2 rings (SSSR count). The number of anilines is 1. The lowest BCUT2D eigenvalue weighted by Crippen LogP contribution is -2.49. The van der Waals surface area contributed by atoms with E-state index in [0.29, 0.717) is 4.90 Å². The summed E-state index contributed by atoms with van der Waals surface area (Å²) in [5.41, 5.74) is 0. The molecular weight excluding hydrogens is 301 g/mol. The summed E-state index contributed by atoms with van der Waals surface area (Å²) in [6.45, 7) is 0. The fourth-order valence-electron chi connectivity index (χ4n) is 2.67. The van der Waals surface area contributed by atoms with Gasteiger partial charge in [0.15, 0.2) is 0 Å². The number of alkyl halides is 3. The molecule has 1 aliphatic carbocycles. The van der Waals surface area contributed by atoms with Crippen molar-refractivity contribution in [2.75, 3.05) is 4.90 Å². The molecule has 1 aromatic rings. The Kier molecular flexibility index (Phi) is 4.68. The first-order valence-corrected chi connectivity index (χ1v) is 6.85. The first-order chi connectivity index (χ1) is 10.3. The molecule has 0 unspecified atom stereocenters. The van der Waals surface area contributed by atoms with E-state index in [4.69, 9.17) is 5.11 Å². The number of pyridine rings is 1. The number of halogens is 3. The van der Waals surface area contributed by atoms with E-state index in [1.807, 2.05) is 0 Å². The average Bonchev–Trinajstić information content (AvgIpc) is 2.48. The zero-order chi connectivity index (χ0) is 16.3. The zero-order valence-electron chi connectivity index (χ0n) is 11.6. The topological polar surface area (TPSA) is 70.5 Å². The van der Waals surface area contributed by atoms with Crippen LogP contribution in [0, 0.1) is 5.92 Å². The van der Waals surface area contributed by atoms with Crippen molar-refractivity contribution in [1.82, 2.24) is 4.98 Å². The van der Waals surface area contributed by atoms with Crippen molar-refractivity contribution >= 4 is 17.7 Å². The molecule has 1 aromatic heterocycles. The Bertz CT molecular complexity index is 540. The van der Waals surface area contributed by atoms with Gasteiger partial charge in [0.25, 0.3) is 0 Å². The summed E-state index contributed by atoms with van der Waals surface area (Å²) in [5, 5.41) is 8.95. The van der Waals surface area contributed by atoms with Crippen LogP contribution in [0.3, 0.4) is 0 Å². The highest BCUT2D eigenvalue weighted by Gasteiger charge is 2.46. The van der Waals surface area contributed by atoms with Crippen LogP contribution in [0.1, 0.15) is 25.7 Å². The summed E-state index contributed by atoms with van der Waals surface area (Å²) >= 11 is 0. The van der Waals surface area contributed by atoms with Crippen LogP contribution in [-0.4, -0.2) is 34.2 Å². The maximum atomic E-state index is 12.8. The van der Waals surface area contributed by atoms with Gasteiger partial charge in [-0.1, -0.05) is 6.07 Å². The quantitative estimate of drug-likeness (QED) is 0.930. The van der Waals surface area contributed by atoms with E-state index in [0.717, 1.165) is 0 Å². The predicted molar refractivity (Wildman–Crippen MR) is 71.2 cm³/mol. The molecule has 1 N–H and O–H groups in total. The van der Waals surface area contributed by atoms with Crippen LogP contribution < -0.4 is 4.90 Å². The Morgan fingerprint density at radius 2 is 1.82 bits per heavy atom. The number of hydrogen-bond acceptors (Lipinski definition) is 3. The lowest BCUT2D eigenvalue weighted by Gasteiger charge is -2.35. The van der Waals surface area contributed by atoms with Gasteiger partial charge in [-0.25, -0.2) is 4.98 Å². The third-order valence-corrected chi connectivity index (χ3v) is 3.77. The predicted octanol–water partition coefficient (Wildman–Crippen LogP) is 2.62. The number of aliphatic carboxylic acids is 1. The fourth-order valence-corrected chi connectivity index (χ4v) is 2.67. The third kappa shape index (κ3) is 3.55. The number of amides is 1. The fraction of sp³-hybridized carbons (Fsp3) is 0.500. The van der Waals surface area contributed by atoms with Gasteiger partial charge < -0.3 is 5.11 Å². The van der Waals surface area contributed by atoms with Crippen molar-refractivity contribution < 1.29 is 27.9 Å². The van der Waals surface area contributed by atoms with Crippen molar-refractivity contribution in [2.24, 2.45) is 5.92 Å². The summed E-state index contributed by atoms with van der Waals surface area (Å²) in [6, 6.07) is 3.69. The molecule has 5 nitrogen and oxygen atoms in total. The molecule has 0 radical (unpaired) electrons. The number of carboxylic acid groups (broad SMARTS) is 1. The minimum Gasteiger partial charge on any atom is -0.481 e. The summed E-state index contributed by atoms with van der Waals surface area (Å²) in [7, 11) is 0. The van der Waals surface area contributed by atoms with Gasteiger partial charge in [0.1, 0.15) is 5.82 Å².